The molecule has 2 N–H and O–H groups in total. The van der Waals surface area contributed by atoms with Crippen LogP contribution in [0.5, 0.6) is 0 Å². The number of benzene rings is 1. The number of ether oxygens (including phenoxy) is 2. The lowest BCUT2D eigenvalue weighted by molar-refractivity contribution is 0.0851. The van der Waals surface area contributed by atoms with E-state index >= 15 is 8.78 Å². The van der Waals surface area contributed by atoms with Crippen molar-refractivity contribution in [1.82, 2.24) is 9.97 Å². The first kappa shape index (κ1) is 36.4. The highest BCUT2D eigenvalue weighted by Crippen LogP contribution is 2.47. The van der Waals surface area contributed by atoms with E-state index in [1.54, 1.807) is 13.1 Å². The fourth-order valence-corrected chi connectivity index (χ4v) is 7.38. The Hall–Kier alpha value is -3.39. The molecule has 2 aliphatic rings. The van der Waals surface area contributed by atoms with Crippen molar-refractivity contribution in [2.45, 2.75) is 112 Å². The quantitative estimate of drug-likeness (QED) is 0.192. The second kappa shape index (κ2) is 17.1. The third kappa shape index (κ3) is 7.85. The number of hydrogen-bond acceptors (Lipinski definition) is 8. The van der Waals surface area contributed by atoms with Crippen LogP contribution < -0.4 is 10.6 Å². The van der Waals surface area contributed by atoms with Crippen molar-refractivity contribution in [1.29, 1.82) is 5.26 Å². The van der Waals surface area contributed by atoms with Crippen LogP contribution in [-0.4, -0.2) is 36.3 Å². The number of rotatable bonds is 12. The first-order chi connectivity index (χ1) is 22.8. The molecular weight excluding hydrogens is 617 g/mol. The summed E-state index contributed by atoms with van der Waals surface area (Å²) in [5, 5.41) is 10.8. The smallest absolute Gasteiger partial charge is 0.225 e. The molecule has 7 nitrogen and oxygen atoms in total. The molecule has 2 aromatic heterocycles. The van der Waals surface area contributed by atoms with E-state index < -0.39 is 11.6 Å². The summed E-state index contributed by atoms with van der Waals surface area (Å²) in [6, 6.07) is 2.13. The van der Waals surface area contributed by atoms with Gasteiger partial charge in [0.1, 0.15) is 22.4 Å². The van der Waals surface area contributed by atoms with Gasteiger partial charge in [0.05, 0.1) is 29.8 Å². The molecule has 10 heteroatoms. The van der Waals surface area contributed by atoms with Crippen molar-refractivity contribution in [2.24, 2.45) is 0 Å². The normalized spacial score (nSPS) is 15.7. The van der Waals surface area contributed by atoms with Gasteiger partial charge in [0.2, 0.25) is 5.95 Å². The van der Waals surface area contributed by atoms with Crippen molar-refractivity contribution in [3.8, 4) is 6.07 Å². The standard InChI is InChI=1S/C27H27F2N5OS.C10H22O/c1-4-14(3)20(22-15(10-30)26(31)36-25(22)19(28)5-2)21-18-13-35-12-17(18)16-11-32-27(33-24(16)23(21)29)34-8-6-7-9-34;1-4-6-7-9-10(11-3)8-5-2/h5,11H,4,6-9,12-13,31H2,1-3H3;10H,4-9H2,1-3H3/b19-5+,20-14+;. The van der Waals surface area contributed by atoms with Gasteiger partial charge in [0.25, 0.3) is 0 Å². The molecule has 3 aromatic rings. The molecule has 2 aliphatic heterocycles. The molecule has 0 saturated carbocycles. The average molecular weight is 666 g/mol. The van der Waals surface area contributed by atoms with Gasteiger partial charge in [-0.2, -0.15) is 5.26 Å². The molecule has 1 aromatic carbocycles. The van der Waals surface area contributed by atoms with Gasteiger partial charge < -0.3 is 20.1 Å². The van der Waals surface area contributed by atoms with Crippen LogP contribution in [0.3, 0.4) is 0 Å². The van der Waals surface area contributed by atoms with E-state index in [0.717, 1.165) is 48.4 Å². The summed E-state index contributed by atoms with van der Waals surface area (Å²) in [5.41, 5.74) is 9.97. The zero-order valence-corrected chi connectivity index (χ0v) is 29.6. The Kier molecular flexibility index (Phi) is 13.3. The van der Waals surface area contributed by atoms with E-state index in [0.29, 0.717) is 52.7 Å². The molecule has 4 heterocycles. The predicted molar refractivity (Wildman–Crippen MR) is 189 cm³/mol. The topological polar surface area (TPSA) is 97.3 Å². The number of methoxy groups -OCH3 is 1. The molecule has 254 valence electrons. The highest BCUT2D eigenvalue weighted by molar-refractivity contribution is 7.17. The van der Waals surface area contributed by atoms with Crippen molar-refractivity contribution in [2.75, 3.05) is 30.8 Å². The molecule has 0 spiro atoms. The largest absolute Gasteiger partial charge is 0.389 e. The van der Waals surface area contributed by atoms with Gasteiger partial charge in [-0.25, -0.2) is 18.7 Å². The maximum absolute atomic E-state index is 16.7. The zero-order valence-electron chi connectivity index (χ0n) is 28.8. The molecular formula is C37H49F2N5O2S. The Labute approximate surface area is 282 Å². The number of halogens is 2. The lowest BCUT2D eigenvalue weighted by Crippen LogP contribution is -2.20. The van der Waals surface area contributed by atoms with E-state index in [-0.39, 0.29) is 27.6 Å². The molecule has 0 bridgehead atoms. The number of allylic oxidation sites excluding steroid dienone is 2. The molecule has 5 rings (SSSR count). The Balaban J connectivity index is 0.000000391. The Morgan fingerprint density at radius 3 is 2.49 bits per heavy atom. The fourth-order valence-electron chi connectivity index (χ4n) is 6.38. The molecule has 0 radical (unpaired) electrons. The van der Waals surface area contributed by atoms with E-state index in [9.17, 15) is 5.26 Å². The zero-order chi connectivity index (χ0) is 34.1. The van der Waals surface area contributed by atoms with Crippen LogP contribution in [0.4, 0.5) is 19.7 Å². The van der Waals surface area contributed by atoms with Gasteiger partial charge in [0.15, 0.2) is 5.82 Å². The molecule has 1 unspecified atom stereocenters. The van der Waals surface area contributed by atoms with Crippen molar-refractivity contribution in [3.05, 3.63) is 56.4 Å². The van der Waals surface area contributed by atoms with E-state index in [1.165, 1.54) is 44.6 Å². The van der Waals surface area contributed by atoms with Crippen LogP contribution in [0, 0.1) is 17.1 Å². The van der Waals surface area contributed by atoms with Gasteiger partial charge >= 0.3 is 0 Å². The van der Waals surface area contributed by atoms with Crippen LogP contribution in [0.1, 0.15) is 125 Å². The lowest BCUT2D eigenvalue weighted by atomic mass is 9.85. The first-order valence-corrected chi connectivity index (χ1v) is 17.8. The van der Waals surface area contributed by atoms with Crippen molar-refractivity contribution in [3.63, 3.8) is 0 Å². The van der Waals surface area contributed by atoms with Gasteiger partial charge in [-0.3, -0.25) is 0 Å². The monoisotopic (exact) mass is 665 g/mol. The number of anilines is 2. The third-order valence-corrected chi connectivity index (χ3v) is 10.2. The predicted octanol–water partition coefficient (Wildman–Crippen LogP) is 9.86. The minimum absolute atomic E-state index is 0.155. The summed E-state index contributed by atoms with van der Waals surface area (Å²) in [5.74, 6) is -0.516. The van der Waals surface area contributed by atoms with Crippen LogP contribution in [0.15, 0.2) is 17.8 Å². The number of fused-ring (bicyclic) bond motifs is 3. The number of nitrogens with zero attached hydrogens (tertiary/aromatic N) is 4. The average Bonchev–Trinajstić information content (AvgIpc) is 3.86. The summed E-state index contributed by atoms with van der Waals surface area (Å²) in [6.07, 6.45) is 13.9. The number of unbranched alkanes of at least 4 members (excludes halogenated alkanes) is 2. The Morgan fingerprint density at radius 2 is 1.87 bits per heavy atom. The van der Waals surface area contributed by atoms with Crippen LogP contribution in [0.25, 0.3) is 22.3 Å². The summed E-state index contributed by atoms with van der Waals surface area (Å²) >= 11 is 1.00. The van der Waals surface area contributed by atoms with E-state index in [1.807, 2.05) is 21.0 Å². The number of nitriles is 1. The molecule has 1 saturated heterocycles. The second-order valence-electron chi connectivity index (χ2n) is 12.2. The van der Waals surface area contributed by atoms with Gasteiger partial charge in [0, 0.05) is 42.9 Å². The van der Waals surface area contributed by atoms with Crippen LogP contribution >= 0.6 is 11.3 Å². The van der Waals surface area contributed by atoms with E-state index in [2.05, 4.69) is 34.8 Å². The summed E-state index contributed by atoms with van der Waals surface area (Å²) in [6.45, 7) is 12.0. The molecule has 0 aliphatic carbocycles. The SMILES string of the molecule is C/C=C(/F)c1sc(N)c(C#N)c1/C(=C(\C)CC)c1c2c(c3cnc(N4CCCC4)nc3c1F)COC2.CCCCCC(CCC)OC. The summed E-state index contributed by atoms with van der Waals surface area (Å²) in [4.78, 5) is 11.5. The second-order valence-corrected chi connectivity index (χ2v) is 13.3. The minimum Gasteiger partial charge on any atom is -0.389 e. The minimum atomic E-state index is -0.514. The number of thiophene rings is 1. The number of nitrogens with two attached hydrogens (primary N) is 1. The molecule has 47 heavy (non-hydrogen) atoms. The molecule has 1 atom stereocenters. The van der Waals surface area contributed by atoms with Gasteiger partial charge in [-0.05, 0) is 62.7 Å². The number of aromatic nitrogens is 2. The van der Waals surface area contributed by atoms with Gasteiger partial charge in [-0.15, -0.1) is 11.3 Å². The fraction of sp³-hybridized carbons (Fsp3) is 0.541. The maximum Gasteiger partial charge on any atom is 0.225 e. The maximum atomic E-state index is 16.7. The van der Waals surface area contributed by atoms with Gasteiger partial charge in [-0.1, -0.05) is 58.1 Å². The Morgan fingerprint density at radius 1 is 1.15 bits per heavy atom. The molecule has 0 amide bonds. The molecule has 1 fully saturated rings. The number of nitrogen functional groups attached to an aromatic ring is 1. The summed E-state index contributed by atoms with van der Waals surface area (Å²) < 4.78 is 42.9. The third-order valence-electron chi connectivity index (χ3n) is 9.12. The van der Waals surface area contributed by atoms with E-state index in [4.69, 9.17) is 15.2 Å². The van der Waals surface area contributed by atoms with Crippen molar-refractivity contribution < 1.29 is 18.3 Å². The van der Waals surface area contributed by atoms with Crippen molar-refractivity contribution >= 4 is 44.6 Å². The summed E-state index contributed by atoms with van der Waals surface area (Å²) in [7, 11) is 1.83. The highest BCUT2D eigenvalue weighted by atomic mass is 32.1. The number of hydrogen-bond donors (Lipinski definition) is 1. The highest BCUT2D eigenvalue weighted by Gasteiger charge is 2.32. The first-order valence-electron chi connectivity index (χ1n) is 17.0. The van der Waals surface area contributed by atoms with Crippen LogP contribution in [-0.2, 0) is 22.7 Å². The Bertz CT molecular complexity index is 1650. The van der Waals surface area contributed by atoms with Crippen LogP contribution in [0.2, 0.25) is 0 Å². The lowest BCUT2D eigenvalue weighted by Gasteiger charge is -2.20.